The lowest BCUT2D eigenvalue weighted by molar-refractivity contribution is -0.00000656. The van der Waals surface area contributed by atoms with Crippen molar-refractivity contribution in [1.29, 1.82) is 10.5 Å². The van der Waals surface area contributed by atoms with Crippen LogP contribution in [-0.4, -0.2) is 21.1 Å². The van der Waals surface area contributed by atoms with Crippen molar-refractivity contribution in [2.45, 2.75) is 0 Å². The molecule has 2 aromatic rings. The molecule has 1 unspecified atom stereocenters. The number of benzene rings is 2. The van der Waals surface area contributed by atoms with E-state index in [1.807, 2.05) is 54.6 Å². The van der Waals surface area contributed by atoms with Crippen molar-refractivity contribution in [3.05, 3.63) is 102 Å². The van der Waals surface area contributed by atoms with Crippen molar-refractivity contribution in [1.82, 2.24) is 4.48 Å². The lowest BCUT2D eigenvalue weighted by atomic mass is 9.73. The van der Waals surface area contributed by atoms with Gasteiger partial charge in [0.2, 0.25) is 0 Å². The first kappa shape index (κ1) is 22.7. The Hall–Kier alpha value is -2.93. The van der Waals surface area contributed by atoms with Crippen molar-refractivity contribution in [2.75, 3.05) is 21.1 Å². The quantitative estimate of drug-likeness (QED) is 0.464. The SMILES string of the molecule is C[N+](C)(C)c1ccc(C2=CC=C3C=C(c4ccccc4)C(C#N)(C#N)C3C=C2)cc1.[I-]. The van der Waals surface area contributed by atoms with Crippen LogP contribution in [0.5, 0.6) is 0 Å². The fourth-order valence-corrected chi connectivity index (χ4v) is 4.14. The molecule has 0 N–H and O–H groups in total. The van der Waals surface area contributed by atoms with Crippen molar-refractivity contribution < 1.29 is 24.0 Å². The second kappa shape index (κ2) is 8.67. The largest absolute Gasteiger partial charge is 1.00 e. The molecule has 3 nitrogen and oxygen atoms in total. The number of nitriles is 2. The predicted molar refractivity (Wildman–Crippen MR) is 123 cm³/mol. The topological polar surface area (TPSA) is 47.6 Å². The van der Waals surface area contributed by atoms with E-state index < -0.39 is 5.41 Å². The Morgan fingerprint density at radius 1 is 0.839 bits per heavy atom. The Kier molecular flexibility index (Phi) is 6.36. The van der Waals surface area contributed by atoms with Gasteiger partial charge in [0.05, 0.1) is 33.3 Å². The van der Waals surface area contributed by atoms with Crippen LogP contribution in [0.15, 0.2) is 90.6 Å². The van der Waals surface area contributed by atoms with E-state index in [9.17, 15) is 10.5 Å². The second-order valence-corrected chi connectivity index (χ2v) is 8.64. The Balaban J connectivity index is 0.00000272. The summed E-state index contributed by atoms with van der Waals surface area (Å²) in [4.78, 5) is 0. The van der Waals surface area contributed by atoms with Gasteiger partial charge in [-0.1, -0.05) is 60.7 Å². The number of nitrogens with zero attached hydrogens (tertiary/aromatic N) is 3. The molecule has 0 radical (unpaired) electrons. The maximum absolute atomic E-state index is 10.1. The summed E-state index contributed by atoms with van der Waals surface area (Å²) in [5, 5.41) is 20.2. The second-order valence-electron chi connectivity index (χ2n) is 8.64. The number of allylic oxidation sites excluding steroid dienone is 8. The van der Waals surface area contributed by atoms with Crippen LogP contribution in [0.2, 0.25) is 0 Å². The van der Waals surface area contributed by atoms with Crippen molar-refractivity contribution >= 4 is 16.8 Å². The Morgan fingerprint density at radius 3 is 2.06 bits per heavy atom. The first-order valence-corrected chi connectivity index (χ1v) is 10.0. The van der Waals surface area contributed by atoms with E-state index in [-0.39, 0.29) is 29.9 Å². The third kappa shape index (κ3) is 4.02. The van der Waals surface area contributed by atoms with Gasteiger partial charge in [0.1, 0.15) is 5.69 Å². The normalized spacial score (nSPS) is 18.9. The van der Waals surface area contributed by atoms with Crippen LogP contribution in [0.1, 0.15) is 11.1 Å². The van der Waals surface area contributed by atoms with Gasteiger partial charge in [0.15, 0.2) is 5.41 Å². The Labute approximate surface area is 201 Å². The maximum Gasteiger partial charge on any atom is 0.179 e. The number of halogens is 1. The van der Waals surface area contributed by atoms with Gasteiger partial charge in [0.25, 0.3) is 0 Å². The molecule has 4 heteroatoms. The zero-order valence-electron chi connectivity index (χ0n) is 17.9. The molecular formula is C27H24IN3. The van der Waals surface area contributed by atoms with Gasteiger partial charge in [-0.05, 0) is 52.1 Å². The molecule has 2 aliphatic carbocycles. The summed E-state index contributed by atoms with van der Waals surface area (Å²) in [5.74, 6) is -0.290. The third-order valence-corrected chi connectivity index (χ3v) is 5.90. The van der Waals surface area contributed by atoms with Crippen LogP contribution >= 0.6 is 0 Å². The molecular weight excluding hydrogens is 493 g/mol. The van der Waals surface area contributed by atoms with Crippen LogP contribution in [0.4, 0.5) is 5.69 Å². The molecule has 2 aromatic carbocycles. The molecule has 154 valence electrons. The summed E-state index contributed by atoms with van der Waals surface area (Å²) in [6.45, 7) is 0. The number of hydrogen-bond acceptors (Lipinski definition) is 2. The molecule has 0 heterocycles. The summed E-state index contributed by atoms with van der Waals surface area (Å²) in [6, 6.07) is 22.9. The highest BCUT2D eigenvalue weighted by Crippen LogP contribution is 2.52. The van der Waals surface area contributed by atoms with E-state index in [2.05, 4.69) is 63.6 Å². The zero-order chi connectivity index (χ0) is 21.4. The molecule has 0 fully saturated rings. The molecule has 0 spiro atoms. The van der Waals surface area contributed by atoms with Crippen molar-refractivity contribution in [3.63, 3.8) is 0 Å². The average molecular weight is 517 g/mol. The maximum atomic E-state index is 10.1. The molecule has 4 rings (SSSR count). The molecule has 2 aliphatic rings. The first-order valence-electron chi connectivity index (χ1n) is 10.0. The highest BCUT2D eigenvalue weighted by molar-refractivity contribution is 5.85. The lowest BCUT2D eigenvalue weighted by Crippen LogP contribution is -3.00. The van der Waals surface area contributed by atoms with Gasteiger partial charge in [-0.3, -0.25) is 4.48 Å². The number of rotatable bonds is 3. The molecule has 31 heavy (non-hydrogen) atoms. The summed E-state index contributed by atoms with van der Waals surface area (Å²) in [6.07, 6.45) is 10.2. The van der Waals surface area contributed by atoms with Gasteiger partial charge >= 0.3 is 0 Å². The Bertz CT molecular complexity index is 1160. The fraction of sp³-hybridized carbons (Fsp3) is 0.185. The van der Waals surface area contributed by atoms with Crippen molar-refractivity contribution in [3.8, 4) is 12.1 Å². The van der Waals surface area contributed by atoms with E-state index in [0.717, 1.165) is 32.3 Å². The molecule has 0 bridgehead atoms. The third-order valence-electron chi connectivity index (χ3n) is 5.90. The van der Waals surface area contributed by atoms with Crippen LogP contribution in [0.25, 0.3) is 11.1 Å². The summed E-state index contributed by atoms with van der Waals surface area (Å²) < 4.78 is 0.765. The van der Waals surface area contributed by atoms with Gasteiger partial charge in [-0.25, -0.2) is 0 Å². The lowest BCUT2D eigenvalue weighted by Gasteiger charge is -2.23. The molecule has 1 atom stereocenters. The van der Waals surface area contributed by atoms with Gasteiger partial charge in [-0.2, -0.15) is 10.5 Å². The highest BCUT2D eigenvalue weighted by Gasteiger charge is 2.48. The monoisotopic (exact) mass is 517 g/mol. The zero-order valence-corrected chi connectivity index (χ0v) is 20.0. The molecule has 0 saturated heterocycles. The smallest absolute Gasteiger partial charge is 0.179 e. The molecule has 0 aromatic heterocycles. The highest BCUT2D eigenvalue weighted by atomic mass is 127. The van der Waals surface area contributed by atoms with E-state index in [4.69, 9.17) is 0 Å². The van der Waals surface area contributed by atoms with Crippen LogP contribution in [-0.2, 0) is 0 Å². The van der Waals surface area contributed by atoms with E-state index in [0.29, 0.717) is 0 Å². The predicted octanol–water partition coefficient (Wildman–Crippen LogP) is 2.51. The molecule has 0 saturated carbocycles. The number of fused-ring (bicyclic) bond motifs is 1. The standard InChI is InChI=1S/C27H24N3.HI/c1-30(2,3)24-14-11-21(12-15-24)20-9-10-23-17-26(22-7-5-4-6-8-22)27(18-28,19-29)25(23)16-13-20;/h4-17,25H,1-3H3;1H/q+1;/p-1. The van der Waals surface area contributed by atoms with Crippen molar-refractivity contribution in [2.24, 2.45) is 11.3 Å². The summed E-state index contributed by atoms with van der Waals surface area (Å²) in [5.41, 5.74) is 4.89. The van der Waals surface area contributed by atoms with Gasteiger partial charge in [0, 0.05) is 5.92 Å². The molecule has 0 amide bonds. The minimum Gasteiger partial charge on any atom is -1.00 e. The summed E-state index contributed by atoms with van der Waals surface area (Å²) in [7, 11) is 6.43. The van der Waals surface area contributed by atoms with Gasteiger partial charge < -0.3 is 24.0 Å². The number of hydrogen-bond donors (Lipinski definition) is 0. The fourth-order valence-electron chi connectivity index (χ4n) is 4.14. The van der Waals surface area contributed by atoms with Gasteiger partial charge in [-0.15, -0.1) is 0 Å². The minimum atomic E-state index is -1.22. The number of quaternary nitrogens is 1. The summed E-state index contributed by atoms with van der Waals surface area (Å²) >= 11 is 0. The van der Waals surface area contributed by atoms with Crippen LogP contribution in [0.3, 0.4) is 0 Å². The molecule has 0 aliphatic heterocycles. The average Bonchev–Trinajstić information content (AvgIpc) is 2.91. The first-order chi connectivity index (χ1) is 14.4. The van der Waals surface area contributed by atoms with E-state index in [1.54, 1.807) is 0 Å². The van der Waals surface area contributed by atoms with E-state index >= 15 is 0 Å². The van der Waals surface area contributed by atoms with E-state index in [1.165, 1.54) is 5.69 Å². The van der Waals surface area contributed by atoms with Crippen LogP contribution in [0, 0.1) is 34.0 Å². The Morgan fingerprint density at radius 2 is 1.48 bits per heavy atom. The van der Waals surface area contributed by atoms with Crippen LogP contribution < -0.4 is 28.5 Å². The minimum absolute atomic E-state index is 0.